The van der Waals surface area contributed by atoms with Crippen molar-refractivity contribution in [3.63, 3.8) is 0 Å². The predicted molar refractivity (Wildman–Crippen MR) is 66.6 cm³/mol. The summed E-state index contributed by atoms with van der Waals surface area (Å²) < 4.78 is 27.4. The fourth-order valence-corrected chi connectivity index (χ4v) is 3.45. The Hall–Kier alpha value is -1.29. The van der Waals surface area contributed by atoms with E-state index in [1.54, 1.807) is 0 Å². The number of aliphatic hydroxyl groups excluding tert-OH is 1. The van der Waals surface area contributed by atoms with Gasteiger partial charge >= 0.3 is 13.5 Å². The maximum Gasteiger partial charge on any atom is 0.473 e. The molecule has 21 heavy (non-hydrogen) atoms. The van der Waals surface area contributed by atoms with Gasteiger partial charge in [0.15, 0.2) is 6.23 Å². The second-order valence-electron chi connectivity index (χ2n) is 4.88. The summed E-state index contributed by atoms with van der Waals surface area (Å²) in [6.07, 6.45) is -3.44. The van der Waals surface area contributed by atoms with Crippen LogP contribution in [0, 0.1) is 6.92 Å². The molecule has 0 spiro atoms. The van der Waals surface area contributed by atoms with Gasteiger partial charge in [-0.1, -0.05) is 0 Å². The minimum absolute atomic E-state index is 0.194. The molecular formula is C10H13N2O8P. The van der Waals surface area contributed by atoms with Crippen molar-refractivity contribution in [1.82, 2.24) is 9.55 Å². The molecule has 2 saturated heterocycles. The van der Waals surface area contributed by atoms with Crippen LogP contribution in [0.2, 0.25) is 0 Å². The summed E-state index contributed by atoms with van der Waals surface area (Å²) >= 11 is 0. The number of aromatic nitrogens is 2. The molecule has 0 aromatic carbocycles. The maximum atomic E-state index is 11.8. The van der Waals surface area contributed by atoms with E-state index in [4.69, 9.17) is 9.26 Å². The van der Waals surface area contributed by atoms with Crippen LogP contribution in [-0.4, -0.2) is 44.5 Å². The number of phosphoric acid groups is 1. The Labute approximate surface area is 117 Å². The van der Waals surface area contributed by atoms with E-state index in [1.165, 1.54) is 13.1 Å². The van der Waals surface area contributed by atoms with Crippen LogP contribution in [0.3, 0.4) is 0 Å². The number of nitrogens with one attached hydrogen (secondary N) is 1. The van der Waals surface area contributed by atoms with E-state index in [-0.39, 0.29) is 12.2 Å². The van der Waals surface area contributed by atoms with Gasteiger partial charge in [-0.2, -0.15) is 0 Å². The molecule has 11 heteroatoms. The molecule has 1 aromatic heterocycles. The number of hydrogen-bond donors (Lipinski definition) is 3. The molecule has 2 aliphatic heterocycles. The summed E-state index contributed by atoms with van der Waals surface area (Å²) in [6, 6.07) is 0. The van der Waals surface area contributed by atoms with Gasteiger partial charge in [-0.05, 0) is 6.92 Å². The first kappa shape index (κ1) is 14.6. The molecular weight excluding hydrogens is 307 g/mol. The summed E-state index contributed by atoms with van der Waals surface area (Å²) in [5.41, 5.74) is -1.08. The fraction of sp³-hybridized carbons (Fsp3) is 0.600. The molecule has 5 atom stereocenters. The Morgan fingerprint density at radius 1 is 1.43 bits per heavy atom. The number of aromatic amines is 1. The molecule has 2 aliphatic rings. The van der Waals surface area contributed by atoms with Crippen molar-refractivity contribution < 1.29 is 28.3 Å². The molecule has 3 rings (SSSR count). The smallest absolute Gasteiger partial charge is 0.387 e. The summed E-state index contributed by atoms with van der Waals surface area (Å²) in [7, 11) is -4.32. The summed E-state index contributed by atoms with van der Waals surface area (Å²) in [5, 5.41) is 10.0. The average Bonchev–Trinajstić information content (AvgIpc) is 2.37. The Kier molecular flexibility index (Phi) is 3.40. The zero-order valence-corrected chi connectivity index (χ0v) is 11.7. The van der Waals surface area contributed by atoms with Crippen LogP contribution >= 0.6 is 7.82 Å². The zero-order valence-electron chi connectivity index (χ0n) is 10.8. The molecule has 3 N–H and O–H groups in total. The van der Waals surface area contributed by atoms with Crippen LogP contribution in [0.4, 0.5) is 0 Å². The Balaban J connectivity index is 2.03. The van der Waals surface area contributed by atoms with Crippen LogP contribution in [0.25, 0.3) is 0 Å². The van der Waals surface area contributed by atoms with E-state index in [2.05, 4.69) is 9.51 Å². The van der Waals surface area contributed by atoms with Gasteiger partial charge in [-0.25, -0.2) is 9.36 Å². The van der Waals surface area contributed by atoms with Crippen molar-refractivity contribution in [2.75, 3.05) is 6.61 Å². The van der Waals surface area contributed by atoms with Crippen LogP contribution in [0.15, 0.2) is 15.8 Å². The number of rotatable bonds is 1. The highest BCUT2D eigenvalue weighted by Gasteiger charge is 2.52. The third-order valence-corrected chi connectivity index (χ3v) is 4.42. The molecule has 3 heterocycles. The number of phosphoric ester groups is 1. The lowest BCUT2D eigenvalue weighted by molar-refractivity contribution is -0.229. The average molecular weight is 320 g/mol. The number of nitrogens with zero attached hydrogens (tertiary/aromatic N) is 1. The normalized spacial score (nSPS) is 39.2. The van der Waals surface area contributed by atoms with E-state index >= 15 is 0 Å². The van der Waals surface area contributed by atoms with Gasteiger partial charge < -0.3 is 14.7 Å². The van der Waals surface area contributed by atoms with Gasteiger partial charge in [0, 0.05) is 11.8 Å². The molecule has 2 bridgehead atoms. The largest absolute Gasteiger partial charge is 0.473 e. The lowest BCUT2D eigenvalue weighted by Gasteiger charge is -2.44. The van der Waals surface area contributed by atoms with E-state index in [1.807, 2.05) is 0 Å². The fourth-order valence-electron chi connectivity index (χ4n) is 2.34. The monoisotopic (exact) mass is 320 g/mol. The Morgan fingerprint density at radius 2 is 2.14 bits per heavy atom. The van der Waals surface area contributed by atoms with E-state index in [9.17, 15) is 24.2 Å². The quantitative estimate of drug-likeness (QED) is 0.538. The van der Waals surface area contributed by atoms with Crippen LogP contribution in [-0.2, 0) is 18.3 Å². The lowest BCUT2D eigenvalue weighted by atomic mass is 10.0. The van der Waals surface area contributed by atoms with Crippen molar-refractivity contribution in [1.29, 1.82) is 0 Å². The van der Waals surface area contributed by atoms with E-state index in [0.717, 1.165) is 4.57 Å². The molecule has 2 fully saturated rings. The van der Waals surface area contributed by atoms with Gasteiger partial charge in [0.2, 0.25) is 0 Å². The first-order chi connectivity index (χ1) is 9.78. The van der Waals surface area contributed by atoms with E-state index < -0.39 is 43.6 Å². The summed E-state index contributed by atoms with van der Waals surface area (Å²) in [6.45, 7) is 1.29. The SMILES string of the molecule is Cc1cn([C@@H]2OC[C@H]3OP(=O)(O)O[C@@H]2[C@@H]3O)c(=O)[nH]c1=O. The highest BCUT2D eigenvalue weighted by Crippen LogP contribution is 2.54. The lowest BCUT2D eigenvalue weighted by Crippen LogP contribution is -2.56. The van der Waals surface area contributed by atoms with E-state index in [0.29, 0.717) is 0 Å². The van der Waals surface area contributed by atoms with Gasteiger partial charge in [0.25, 0.3) is 5.56 Å². The number of aryl methyl sites for hydroxylation is 1. The third-order valence-electron chi connectivity index (χ3n) is 3.37. The minimum atomic E-state index is -4.32. The summed E-state index contributed by atoms with van der Waals surface area (Å²) in [4.78, 5) is 34.7. The Bertz CT molecular complexity index is 727. The topological polar surface area (TPSA) is 140 Å². The second kappa shape index (κ2) is 4.87. The zero-order chi connectivity index (χ0) is 15.4. The highest BCUT2D eigenvalue weighted by atomic mass is 31.2. The highest BCUT2D eigenvalue weighted by molar-refractivity contribution is 7.47. The predicted octanol–water partition coefficient (Wildman–Crippen LogP) is -1.38. The molecule has 0 saturated carbocycles. The van der Waals surface area contributed by atoms with Crippen molar-refractivity contribution in [2.45, 2.75) is 31.5 Å². The number of fused-ring (bicyclic) bond motifs is 2. The van der Waals surface area contributed by atoms with Gasteiger partial charge in [-0.3, -0.25) is 23.4 Å². The van der Waals surface area contributed by atoms with Crippen LogP contribution in [0.1, 0.15) is 11.8 Å². The second-order valence-corrected chi connectivity index (χ2v) is 6.23. The summed E-state index contributed by atoms with van der Waals surface area (Å²) in [5.74, 6) is 0. The van der Waals surface area contributed by atoms with Gasteiger partial charge in [0.1, 0.15) is 18.3 Å². The molecule has 0 radical (unpaired) electrons. The van der Waals surface area contributed by atoms with Crippen molar-refractivity contribution in [3.8, 4) is 0 Å². The first-order valence-electron chi connectivity index (χ1n) is 6.10. The van der Waals surface area contributed by atoms with Crippen molar-refractivity contribution in [2.24, 2.45) is 0 Å². The molecule has 0 amide bonds. The van der Waals surface area contributed by atoms with Crippen LogP contribution < -0.4 is 11.2 Å². The minimum Gasteiger partial charge on any atom is -0.387 e. The number of ether oxygens (including phenoxy) is 1. The third kappa shape index (κ3) is 2.50. The van der Waals surface area contributed by atoms with Crippen molar-refractivity contribution in [3.05, 3.63) is 32.6 Å². The first-order valence-corrected chi connectivity index (χ1v) is 7.59. The number of hydrogen-bond acceptors (Lipinski definition) is 7. The number of aliphatic hydroxyl groups is 1. The number of H-pyrrole nitrogens is 1. The standard InChI is InChI=1S/C10H13N2O8P/c1-4-2-12(10(15)11-8(4)14)9-7-6(13)5(3-18-9)19-21(16,17)20-7/h2,5-7,9,13H,3H2,1H3,(H,16,17)(H,11,14,15)/t5-,6-,7-,9-/m1/s1. The van der Waals surface area contributed by atoms with Crippen molar-refractivity contribution >= 4 is 7.82 Å². The van der Waals surface area contributed by atoms with Gasteiger partial charge in [-0.15, -0.1) is 0 Å². The molecule has 1 unspecified atom stereocenters. The van der Waals surface area contributed by atoms with Gasteiger partial charge in [0.05, 0.1) is 6.61 Å². The molecule has 10 nitrogen and oxygen atoms in total. The molecule has 1 aromatic rings. The Morgan fingerprint density at radius 3 is 2.86 bits per heavy atom. The van der Waals surface area contributed by atoms with Crippen LogP contribution in [0.5, 0.6) is 0 Å². The maximum absolute atomic E-state index is 11.8. The molecule has 0 aliphatic carbocycles. The molecule has 116 valence electrons.